The van der Waals surface area contributed by atoms with Crippen molar-refractivity contribution in [3.63, 3.8) is 0 Å². The average molecular weight is 194 g/mol. The molecule has 0 aliphatic carbocycles. The summed E-state index contributed by atoms with van der Waals surface area (Å²) in [5.41, 5.74) is 0. The van der Waals surface area contributed by atoms with E-state index in [1.807, 2.05) is 6.92 Å². The van der Waals surface area contributed by atoms with Crippen LogP contribution in [0.4, 0.5) is 8.78 Å². The van der Waals surface area contributed by atoms with Gasteiger partial charge in [0.2, 0.25) is 0 Å². The van der Waals surface area contributed by atoms with Crippen LogP contribution in [0.25, 0.3) is 0 Å². The lowest BCUT2D eigenvalue weighted by Gasteiger charge is -2.11. The highest BCUT2D eigenvalue weighted by Gasteiger charge is 2.42. The molecule has 1 N–H and O–H groups in total. The Morgan fingerprint density at radius 3 is 2.23 bits per heavy atom. The number of aliphatic carboxylic acids is 1. The van der Waals surface area contributed by atoms with Gasteiger partial charge in [-0.1, -0.05) is 19.8 Å². The van der Waals surface area contributed by atoms with Crippen LogP contribution in [0.1, 0.15) is 32.6 Å². The topological polar surface area (TPSA) is 54.4 Å². The summed E-state index contributed by atoms with van der Waals surface area (Å²) in [4.78, 5) is 20.4. The van der Waals surface area contributed by atoms with Gasteiger partial charge < -0.3 is 5.11 Å². The zero-order valence-corrected chi connectivity index (χ0v) is 7.35. The van der Waals surface area contributed by atoms with E-state index in [2.05, 4.69) is 0 Å². The number of carboxylic acid groups (broad SMARTS) is 1. The molecule has 0 heterocycles. The minimum Gasteiger partial charge on any atom is -0.475 e. The van der Waals surface area contributed by atoms with Crippen LogP contribution < -0.4 is 0 Å². The highest BCUT2D eigenvalue weighted by molar-refractivity contribution is 6.35. The number of alkyl halides is 2. The fraction of sp³-hybridized carbons (Fsp3) is 0.750. The molecule has 0 fully saturated rings. The van der Waals surface area contributed by atoms with Crippen LogP contribution >= 0.6 is 0 Å². The molecule has 0 unspecified atom stereocenters. The van der Waals surface area contributed by atoms with Gasteiger partial charge in [-0.15, -0.1) is 0 Å². The molecule has 0 saturated carbocycles. The molecule has 13 heavy (non-hydrogen) atoms. The van der Waals surface area contributed by atoms with Crippen LogP contribution in [0.5, 0.6) is 0 Å². The van der Waals surface area contributed by atoms with Crippen molar-refractivity contribution in [3.8, 4) is 0 Å². The number of hydrogen-bond donors (Lipinski definition) is 1. The SMILES string of the molecule is CCCCCC(F)(F)C(=O)C(=O)O. The van der Waals surface area contributed by atoms with Crippen LogP contribution in [0, 0.1) is 0 Å². The zero-order valence-electron chi connectivity index (χ0n) is 7.35. The molecule has 76 valence electrons. The highest BCUT2D eigenvalue weighted by atomic mass is 19.3. The van der Waals surface area contributed by atoms with Crippen molar-refractivity contribution >= 4 is 11.8 Å². The maximum Gasteiger partial charge on any atom is 0.378 e. The third kappa shape index (κ3) is 3.96. The number of ketones is 1. The summed E-state index contributed by atoms with van der Waals surface area (Å²) in [6.45, 7) is 1.83. The van der Waals surface area contributed by atoms with Gasteiger partial charge in [0.25, 0.3) is 0 Å². The van der Waals surface area contributed by atoms with Gasteiger partial charge in [-0.25, -0.2) is 4.79 Å². The van der Waals surface area contributed by atoms with Crippen molar-refractivity contribution in [3.05, 3.63) is 0 Å². The number of hydrogen-bond acceptors (Lipinski definition) is 2. The lowest BCUT2D eigenvalue weighted by Crippen LogP contribution is -2.34. The second-order valence-electron chi connectivity index (χ2n) is 2.80. The third-order valence-electron chi connectivity index (χ3n) is 1.62. The number of rotatable bonds is 6. The van der Waals surface area contributed by atoms with Crippen molar-refractivity contribution in [2.24, 2.45) is 0 Å². The number of carbonyl (C=O) groups is 2. The fourth-order valence-electron chi connectivity index (χ4n) is 0.867. The highest BCUT2D eigenvalue weighted by Crippen LogP contribution is 2.22. The average Bonchev–Trinajstić information content (AvgIpc) is 2.03. The summed E-state index contributed by atoms with van der Waals surface area (Å²) >= 11 is 0. The van der Waals surface area contributed by atoms with Crippen LogP contribution in [-0.2, 0) is 9.59 Å². The van der Waals surface area contributed by atoms with Gasteiger partial charge in [0.05, 0.1) is 0 Å². The smallest absolute Gasteiger partial charge is 0.378 e. The fourth-order valence-corrected chi connectivity index (χ4v) is 0.867. The van der Waals surface area contributed by atoms with E-state index in [0.29, 0.717) is 6.42 Å². The maximum absolute atomic E-state index is 12.7. The van der Waals surface area contributed by atoms with Gasteiger partial charge in [-0.05, 0) is 6.42 Å². The molecule has 5 heteroatoms. The summed E-state index contributed by atoms with van der Waals surface area (Å²) < 4.78 is 25.3. The lowest BCUT2D eigenvalue weighted by atomic mass is 10.1. The van der Waals surface area contributed by atoms with E-state index in [4.69, 9.17) is 5.11 Å². The number of carboxylic acids is 1. The normalized spacial score (nSPS) is 11.3. The molecule has 0 aromatic rings. The molecule has 0 aromatic carbocycles. The minimum absolute atomic E-state index is 0.169. The quantitative estimate of drug-likeness (QED) is 0.518. The first-order valence-electron chi connectivity index (χ1n) is 4.07. The van der Waals surface area contributed by atoms with Gasteiger partial charge in [0, 0.05) is 6.42 Å². The lowest BCUT2D eigenvalue weighted by molar-refractivity contribution is -0.162. The largest absolute Gasteiger partial charge is 0.475 e. The molecular formula is C8H12F2O3. The van der Waals surface area contributed by atoms with Gasteiger partial charge in [0.15, 0.2) is 0 Å². The third-order valence-corrected chi connectivity index (χ3v) is 1.62. The molecular weight excluding hydrogens is 182 g/mol. The van der Waals surface area contributed by atoms with E-state index in [9.17, 15) is 18.4 Å². The van der Waals surface area contributed by atoms with E-state index in [1.54, 1.807) is 0 Å². The number of Topliss-reactive ketones (excluding diaryl/α,β-unsaturated/α-hetero) is 1. The molecule has 0 atom stereocenters. The second kappa shape index (κ2) is 4.89. The molecule has 0 rings (SSSR count). The van der Waals surface area contributed by atoms with Crippen LogP contribution in [0.3, 0.4) is 0 Å². The first kappa shape index (κ1) is 12.0. The summed E-state index contributed by atoms with van der Waals surface area (Å²) in [5, 5.41) is 8.04. The van der Waals surface area contributed by atoms with Crippen molar-refractivity contribution in [2.75, 3.05) is 0 Å². The van der Waals surface area contributed by atoms with E-state index in [1.165, 1.54) is 0 Å². The summed E-state index contributed by atoms with van der Waals surface area (Å²) in [7, 11) is 0. The molecule has 0 spiro atoms. The van der Waals surface area contributed by atoms with Gasteiger partial charge in [-0.2, -0.15) is 8.78 Å². The van der Waals surface area contributed by atoms with Gasteiger partial charge in [-0.3, -0.25) is 4.79 Å². The van der Waals surface area contributed by atoms with Crippen molar-refractivity contribution < 1.29 is 23.5 Å². The monoisotopic (exact) mass is 194 g/mol. The Morgan fingerprint density at radius 1 is 1.31 bits per heavy atom. The van der Waals surface area contributed by atoms with Gasteiger partial charge in [0.1, 0.15) is 0 Å². The Labute approximate surface area is 74.7 Å². The predicted octanol–water partition coefficient (Wildman–Crippen LogP) is 1.86. The number of carbonyl (C=O) groups excluding carboxylic acids is 1. The number of halogens is 2. The molecule has 0 amide bonds. The number of unbranched alkanes of at least 4 members (excludes halogenated alkanes) is 2. The van der Waals surface area contributed by atoms with Crippen molar-refractivity contribution in [2.45, 2.75) is 38.5 Å². The molecule has 0 aliphatic heterocycles. The predicted molar refractivity (Wildman–Crippen MR) is 41.7 cm³/mol. The molecule has 0 aliphatic rings. The Morgan fingerprint density at radius 2 is 1.85 bits per heavy atom. The molecule has 0 aromatic heterocycles. The summed E-state index contributed by atoms with van der Waals surface area (Å²) in [6.07, 6.45) is 0.814. The Kier molecular flexibility index (Phi) is 4.51. The van der Waals surface area contributed by atoms with E-state index in [-0.39, 0.29) is 6.42 Å². The first-order valence-corrected chi connectivity index (χ1v) is 4.07. The van der Waals surface area contributed by atoms with Crippen LogP contribution in [-0.4, -0.2) is 22.8 Å². The van der Waals surface area contributed by atoms with Crippen molar-refractivity contribution in [1.29, 1.82) is 0 Å². The Balaban J connectivity index is 4.06. The van der Waals surface area contributed by atoms with E-state index in [0.717, 1.165) is 6.42 Å². The Hall–Kier alpha value is -1.00. The molecule has 3 nitrogen and oxygen atoms in total. The Bertz CT molecular complexity index is 202. The minimum atomic E-state index is -3.71. The second-order valence-corrected chi connectivity index (χ2v) is 2.80. The molecule has 0 saturated heterocycles. The first-order chi connectivity index (χ1) is 5.91. The maximum atomic E-state index is 12.7. The molecule has 0 radical (unpaired) electrons. The summed E-state index contributed by atoms with van der Waals surface area (Å²) in [6, 6.07) is 0. The standard InChI is InChI=1S/C8H12F2O3/c1-2-3-4-5-8(9,10)6(11)7(12)13/h2-5H2,1H3,(H,12,13). The van der Waals surface area contributed by atoms with Crippen LogP contribution in [0.15, 0.2) is 0 Å². The van der Waals surface area contributed by atoms with Gasteiger partial charge >= 0.3 is 17.7 Å². The van der Waals surface area contributed by atoms with Crippen LogP contribution in [0.2, 0.25) is 0 Å². The zero-order chi connectivity index (χ0) is 10.5. The van der Waals surface area contributed by atoms with Crippen molar-refractivity contribution in [1.82, 2.24) is 0 Å². The molecule has 0 bridgehead atoms. The summed E-state index contributed by atoms with van der Waals surface area (Å²) in [5.74, 6) is -7.79. The van der Waals surface area contributed by atoms with E-state index < -0.39 is 24.1 Å². The van der Waals surface area contributed by atoms with E-state index >= 15 is 0 Å².